The highest BCUT2D eigenvalue weighted by atomic mass is 32.1. The highest BCUT2D eigenvalue weighted by Crippen LogP contribution is 2.28. The Morgan fingerprint density at radius 1 is 1.23 bits per heavy atom. The summed E-state index contributed by atoms with van der Waals surface area (Å²) in [5.41, 5.74) is 1.34. The second-order valence-corrected chi connectivity index (χ2v) is 5.13. The summed E-state index contributed by atoms with van der Waals surface area (Å²) < 4.78 is 15.5. The van der Waals surface area contributed by atoms with Crippen LogP contribution >= 0.6 is 12.2 Å². The number of amides is 1. The first-order valence-corrected chi connectivity index (χ1v) is 7.08. The predicted octanol–water partition coefficient (Wildman–Crippen LogP) is 2.64. The Hall–Kier alpha value is -2.34. The topological polar surface area (TPSA) is 60.7 Å². The number of hydrogen-bond donors (Lipinski definition) is 1. The lowest BCUT2D eigenvalue weighted by molar-refractivity contribution is 0.0959. The molecule has 22 heavy (non-hydrogen) atoms. The summed E-state index contributed by atoms with van der Waals surface area (Å²) in [5.74, 6) is 1.20. The number of benzene rings is 1. The van der Waals surface area contributed by atoms with Gasteiger partial charge in [0.15, 0.2) is 0 Å². The van der Waals surface area contributed by atoms with Crippen molar-refractivity contribution in [2.45, 2.75) is 6.42 Å². The van der Waals surface area contributed by atoms with Crippen LogP contribution in [0.3, 0.4) is 0 Å². The molecule has 0 aliphatic heterocycles. The van der Waals surface area contributed by atoms with E-state index in [1.807, 2.05) is 18.2 Å². The quantitative estimate of drug-likeness (QED) is 0.795. The second-order valence-electron chi connectivity index (χ2n) is 4.55. The third-order valence-corrected chi connectivity index (χ3v) is 3.42. The van der Waals surface area contributed by atoms with Crippen LogP contribution in [0.5, 0.6) is 11.5 Å². The average Bonchev–Trinajstić information content (AvgIpc) is 3.07. The number of furan rings is 1. The molecule has 1 aromatic heterocycles. The number of nitrogens with one attached hydrogen (secondary N) is 1. The third-order valence-electron chi connectivity index (χ3n) is 3.13. The van der Waals surface area contributed by atoms with Crippen molar-refractivity contribution >= 4 is 23.0 Å². The van der Waals surface area contributed by atoms with Gasteiger partial charge < -0.3 is 19.2 Å². The number of thiocarbonyl (C=S) groups is 1. The van der Waals surface area contributed by atoms with E-state index in [-0.39, 0.29) is 5.91 Å². The minimum atomic E-state index is -0.219. The van der Waals surface area contributed by atoms with E-state index >= 15 is 0 Å². The van der Waals surface area contributed by atoms with Crippen molar-refractivity contribution < 1.29 is 18.7 Å². The fourth-order valence-corrected chi connectivity index (χ4v) is 2.25. The van der Waals surface area contributed by atoms with Crippen LogP contribution in [0.4, 0.5) is 0 Å². The summed E-state index contributed by atoms with van der Waals surface area (Å²) >= 11 is 5.35. The van der Waals surface area contributed by atoms with E-state index in [1.54, 1.807) is 20.3 Å². The van der Waals surface area contributed by atoms with Gasteiger partial charge in [-0.1, -0.05) is 18.3 Å². The second kappa shape index (κ2) is 7.61. The molecule has 0 spiro atoms. The number of carbonyl (C=O) groups excluding carboxylic acids is 1. The molecule has 0 saturated carbocycles. The fraction of sp³-hybridized carbons (Fsp3) is 0.250. The molecule has 0 fully saturated rings. The SMILES string of the molecule is COc1cccc(OC)c1CC(=S)CNC(=O)c1ccoc1. The molecule has 0 aliphatic carbocycles. The number of rotatable bonds is 7. The molecule has 1 aromatic carbocycles. The van der Waals surface area contributed by atoms with Gasteiger partial charge in [-0.3, -0.25) is 4.79 Å². The van der Waals surface area contributed by atoms with E-state index in [1.165, 1.54) is 12.5 Å². The number of ether oxygens (including phenoxy) is 2. The Bertz CT molecular complexity index is 630. The summed E-state index contributed by atoms with van der Waals surface area (Å²) in [4.78, 5) is 12.5. The third kappa shape index (κ3) is 3.85. The monoisotopic (exact) mass is 319 g/mol. The van der Waals surface area contributed by atoms with Gasteiger partial charge in [0.1, 0.15) is 17.8 Å². The van der Waals surface area contributed by atoms with Crippen molar-refractivity contribution in [2.75, 3.05) is 20.8 Å². The predicted molar refractivity (Wildman–Crippen MR) is 86.9 cm³/mol. The first-order chi connectivity index (χ1) is 10.7. The van der Waals surface area contributed by atoms with Crippen LogP contribution in [-0.2, 0) is 6.42 Å². The highest BCUT2D eigenvalue weighted by molar-refractivity contribution is 7.80. The van der Waals surface area contributed by atoms with Gasteiger partial charge in [0, 0.05) is 23.4 Å². The van der Waals surface area contributed by atoms with Crippen LogP contribution in [0.25, 0.3) is 0 Å². The van der Waals surface area contributed by atoms with Crippen molar-refractivity contribution in [3.05, 3.63) is 47.9 Å². The van der Waals surface area contributed by atoms with Crippen LogP contribution in [-0.4, -0.2) is 31.5 Å². The number of methoxy groups -OCH3 is 2. The molecule has 116 valence electrons. The molecule has 0 atom stereocenters. The lowest BCUT2D eigenvalue weighted by atomic mass is 10.1. The van der Waals surface area contributed by atoms with Gasteiger partial charge in [-0.25, -0.2) is 0 Å². The van der Waals surface area contributed by atoms with Gasteiger partial charge in [0.25, 0.3) is 5.91 Å². The minimum Gasteiger partial charge on any atom is -0.496 e. The van der Waals surface area contributed by atoms with Gasteiger partial charge in [-0.15, -0.1) is 0 Å². The van der Waals surface area contributed by atoms with Crippen molar-refractivity contribution in [2.24, 2.45) is 0 Å². The lowest BCUT2D eigenvalue weighted by Crippen LogP contribution is -2.29. The molecule has 1 amide bonds. The summed E-state index contributed by atoms with van der Waals surface area (Å²) in [7, 11) is 3.20. The van der Waals surface area contributed by atoms with Crippen molar-refractivity contribution in [3.8, 4) is 11.5 Å². The van der Waals surface area contributed by atoms with E-state index in [0.717, 1.165) is 5.56 Å². The molecule has 0 bridgehead atoms. The van der Waals surface area contributed by atoms with E-state index in [4.69, 9.17) is 26.1 Å². The zero-order valence-corrected chi connectivity index (χ0v) is 13.2. The Kier molecular flexibility index (Phi) is 5.55. The number of hydrogen-bond acceptors (Lipinski definition) is 5. The van der Waals surface area contributed by atoms with Crippen LogP contribution in [0.15, 0.2) is 41.2 Å². The summed E-state index contributed by atoms with van der Waals surface area (Å²) in [5, 5.41) is 2.76. The summed E-state index contributed by atoms with van der Waals surface area (Å²) in [6.45, 7) is 0.292. The first-order valence-electron chi connectivity index (χ1n) is 6.67. The van der Waals surface area contributed by atoms with Crippen molar-refractivity contribution in [3.63, 3.8) is 0 Å². The summed E-state index contributed by atoms with van der Waals surface area (Å²) in [6, 6.07) is 7.15. The molecule has 0 aliphatic rings. The molecule has 0 saturated heterocycles. The van der Waals surface area contributed by atoms with Gasteiger partial charge in [-0.05, 0) is 18.2 Å². The van der Waals surface area contributed by atoms with Crippen LogP contribution in [0.2, 0.25) is 0 Å². The van der Waals surface area contributed by atoms with Crippen LogP contribution < -0.4 is 14.8 Å². The molecule has 0 radical (unpaired) electrons. The molecule has 2 rings (SSSR count). The maximum Gasteiger partial charge on any atom is 0.254 e. The van der Waals surface area contributed by atoms with Gasteiger partial charge in [0.05, 0.1) is 26.0 Å². The van der Waals surface area contributed by atoms with Crippen LogP contribution in [0.1, 0.15) is 15.9 Å². The highest BCUT2D eigenvalue weighted by Gasteiger charge is 2.13. The lowest BCUT2D eigenvalue weighted by Gasteiger charge is -2.13. The standard InChI is InChI=1S/C16H17NO4S/c1-19-14-4-3-5-15(20-2)13(14)8-12(22)9-17-16(18)11-6-7-21-10-11/h3-7,10H,8-9H2,1-2H3,(H,17,18). The zero-order chi connectivity index (χ0) is 15.9. The average molecular weight is 319 g/mol. The number of carbonyl (C=O) groups is 1. The van der Waals surface area contributed by atoms with E-state index in [9.17, 15) is 4.79 Å². The maximum atomic E-state index is 11.8. The molecular weight excluding hydrogens is 302 g/mol. The Balaban J connectivity index is 1.99. The van der Waals surface area contributed by atoms with Gasteiger partial charge in [0.2, 0.25) is 0 Å². The van der Waals surface area contributed by atoms with Crippen molar-refractivity contribution in [1.29, 1.82) is 0 Å². The Morgan fingerprint density at radius 3 is 2.45 bits per heavy atom. The zero-order valence-electron chi connectivity index (χ0n) is 12.4. The smallest absolute Gasteiger partial charge is 0.254 e. The molecule has 2 aromatic rings. The molecule has 1 heterocycles. The van der Waals surface area contributed by atoms with E-state index in [0.29, 0.717) is 34.9 Å². The Labute approximate surface area is 134 Å². The minimum absolute atomic E-state index is 0.219. The molecule has 0 unspecified atom stereocenters. The largest absolute Gasteiger partial charge is 0.496 e. The van der Waals surface area contributed by atoms with Gasteiger partial charge >= 0.3 is 0 Å². The molecule has 1 N–H and O–H groups in total. The first kappa shape index (κ1) is 16.0. The Morgan fingerprint density at radius 2 is 1.91 bits per heavy atom. The fourth-order valence-electron chi connectivity index (χ4n) is 2.04. The van der Waals surface area contributed by atoms with E-state index < -0.39 is 0 Å². The van der Waals surface area contributed by atoms with Crippen molar-refractivity contribution in [1.82, 2.24) is 5.32 Å². The normalized spacial score (nSPS) is 10.1. The van der Waals surface area contributed by atoms with Crippen LogP contribution in [0, 0.1) is 0 Å². The molecule has 5 nitrogen and oxygen atoms in total. The molecule has 6 heteroatoms. The maximum absolute atomic E-state index is 11.8. The molecular formula is C16H17NO4S. The van der Waals surface area contributed by atoms with Gasteiger partial charge in [-0.2, -0.15) is 0 Å². The van der Waals surface area contributed by atoms with E-state index in [2.05, 4.69) is 5.32 Å². The summed E-state index contributed by atoms with van der Waals surface area (Å²) in [6.07, 6.45) is 3.32.